The zero-order valence-corrected chi connectivity index (χ0v) is 16.3. The molecular formula is C20H20N6O4. The number of methoxy groups -OCH3 is 1. The third kappa shape index (κ3) is 3.44. The van der Waals surface area contributed by atoms with E-state index in [0.717, 1.165) is 22.3 Å². The van der Waals surface area contributed by atoms with Gasteiger partial charge in [0.25, 0.3) is 5.56 Å². The Morgan fingerprint density at radius 2 is 2.23 bits per heavy atom. The summed E-state index contributed by atoms with van der Waals surface area (Å²) in [6, 6.07) is 4.46. The van der Waals surface area contributed by atoms with Crippen molar-refractivity contribution in [1.82, 2.24) is 24.5 Å². The number of carbonyl (C=O) groups is 1. The highest BCUT2D eigenvalue weighted by Crippen LogP contribution is 2.27. The Balaban J connectivity index is 1.82. The Hall–Kier alpha value is -3.92. The molecule has 1 aromatic carbocycles. The molecule has 0 saturated carbocycles. The number of aryl methyl sites for hydroxylation is 1. The van der Waals surface area contributed by atoms with Gasteiger partial charge in [0, 0.05) is 24.3 Å². The number of carbonyl (C=O) groups excluding carboxylic acids is 1. The summed E-state index contributed by atoms with van der Waals surface area (Å²) < 4.78 is 6.56. The van der Waals surface area contributed by atoms with Gasteiger partial charge in [-0.1, -0.05) is 0 Å². The first kappa shape index (κ1) is 19.4. The molecule has 10 nitrogen and oxygen atoms in total. The highest BCUT2D eigenvalue weighted by molar-refractivity contribution is 5.87. The predicted octanol–water partition coefficient (Wildman–Crippen LogP) is 1.36. The normalized spacial score (nSPS) is 12.1. The van der Waals surface area contributed by atoms with E-state index in [1.807, 2.05) is 29.8 Å². The van der Waals surface area contributed by atoms with Gasteiger partial charge in [-0.25, -0.2) is 14.8 Å². The van der Waals surface area contributed by atoms with Gasteiger partial charge in [-0.05, 0) is 30.7 Å². The van der Waals surface area contributed by atoms with Gasteiger partial charge in [0.15, 0.2) is 0 Å². The molecule has 0 aliphatic carbocycles. The minimum atomic E-state index is -1.02. The van der Waals surface area contributed by atoms with Crippen LogP contribution in [0, 0.1) is 6.92 Å². The first-order valence-corrected chi connectivity index (χ1v) is 9.17. The van der Waals surface area contributed by atoms with Gasteiger partial charge in [0.1, 0.15) is 17.4 Å². The number of aliphatic hydroxyl groups is 1. The van der Waals surface area contributed by atoms with E-state index in [2.05, 4.69) is 30.0 Å². The minimum Gasteiger partial charge on any atom is -0.467 e. The largest absolute Gasteiger partial charge is 0.467 e. The van der Waals surface area contributed by atoms with E-state index >= 15 is 0 Å². The average molecular weight is 408 g/mol. The molecule has 0 aliphatic heterocycles. The Bertz CT molecular complexity index is 1260. The molecule has 154 valence electrons. The molecule has 4 rings (SSSR count). The fraction of sp³-hybridized carbons (Fsp3) is 0.200. The lowest BCUT2D eigenvalue weighted by molar-refractivity contribution is -0.142. The number of aliphatic hydroxyl groups excluding tert-OH is 1. The summed E-state index contributed by atoms with van der Waals surface area (Å²) in [6.07, 6.45) is 6.68. The van der Waals surface area contributed by atoms with Crippen LogP contribution in [0.4, 0.5) is 5.69 Å². The SMILES string of the molecule is COC(=O)[C@H](CO)Nc1cc[nH]c(=O)c1-c1nc2c(C)cc(-n3ccnc3)cc2[nH]1. The Kier molecular flexibility index (Phi) is 5.07. The maximum atomic E-state index is 12.6. The number of nitrogens with zero attached hydrogens (tertiary/aromatic N) is 3. The van der Waals surface area contributed by atoms with Gasteiger partial charge < -0.3 is 29.7 Å². The number of pyridine rings is 1. The van der Waals surface area contributed by atoms with Crippen molar-refractivity contribution in [1.29, 1.82) is 0 Å². The molecule has 0 bridgehead atoms. The lowest BCUT2D eigenvalue weighted by atomic mass is 10.2. The van der Waals surface area contributed by atoms with Gasteiger partial charge in [-0.15, -0.1) is 0 Å². The zero-order valence-electron chi connectivity index (χ0n) is 16.3. The number of fused-ring (bicyclic) bond motifs is 1. The average Bonchev–Trinajstić information content (AvgIpc) is 3.41. The van der Waals surface area contributed by atoms with Crippen LogP contribution in [0.3, 0.4) is 0 Å². The Labute approximate surface area is 170 Å². The van der Waals surface area contributed by atoms with Crippen LogP contribution in [0.2, 0.25) is 0 Å². The summed E-state index contributed by atoms with van der Waals surface area (Å²) in [5.74, 6) is -0.309. The number of H-pyrrole nitrogens is 2. The van der Waals surface area contributed by atoms with Crippen molar-refractivity contribution in [3.8, 4) is 17.1 Å². The lowest BCUT2D eigenvalue weighted by Crippen LogP contribution is -2.34. The Morgan fingerprint density at radius 1 is 1.40 bits per heavy atom. The van der Waals surface area contributed by atoms with Crippen molar-refractivity contribution in [2.45, 2.75) is 13.0 Å². The molecule has 30 heavy (non-hydrogen) atoms. The molecule has 0 spiro atoms. The summed E-state index contributed by atoms with van der Waals surface area (Å²) in [5, 5.41) is 12.4. The van der Waals surface area contributed by atoms with Crippen LogP contribution in [-0.2, 0) is 9.53 Å². The van der Waals surface area contributed by atoms with Crippen LogP contribution in [0.1, 0.15) is 5.56 Å². The van der Waals surface area contributed by atoms with Crippen LogP contribution in [-0.4, -0.2) is 55.3 Å². The number of esters is 1. The van der Waals surface area contributed by atoms with E-state index in [-0.39, 0.29) is 5.56 Å². The number of ether oxygens (including phenoxy) is 1. The Morgan fingerprint density at radius 3 is 2.93 bits per heavy atom. The summed E-state index contributed by atoms with van der Waals surface area (Å²) in [6.45, 7) is 1.44. The van der Waals surface area contributed by atoms with Crippen molar-refractivity contribution >= 4 is 22.7 Å². The highest BCUT2D eigenvalue weighted by atomic mass is 16.5. The molecule has 10 heteroatoms. The van der Waals surface area contributed by atoms with Gasteiger partial charge in [-0.2, -0.15) is 0 Å². The predicted molar refractivity (Wildman–Crippen MR) is 111 cm³/mol. The van der Waals surface area contributed by atoms with Crippen molar-refractivity contribution in [3.63, 3.8) is 0 Å². The smallest absolute Gasteiger partial charge is 0.330 e. The van der Waals surface area contributed by atoms with Crippen LogP contribution >= 0.6 is 0 Å². The lowest BCUT2D eigenvalue weighted by Gasteiger charge is -2.16. The quantitative estimate of drug-likeness (QED) is 0.353. The van der Waals surface area contributed by atoms with Crippen LogP contribution < -0.4 is 10.9 Å². The highest BCUT2D eigenvalue weighted by Gasteiger charge is 2.22. The van der Waals surface area contributed by atoms with Crippen LogP contribution in [0.15, 0.2) is 47.9 Å². The molecule has 0 amide bonds. The van der Waals surface area contributed by atoms with Crippen molar-refractivity contribution in [2.75, 3.05) is 19.0 Å². The van der Waals surface area contributed by atoms with E-state index in [1.165, 1.54) is 13.3 Å². The topological polar surface area (TPSA) is 138 Å². The van der Waals surface area contributed by atoms with E-state index in [4.69, 9.17) is 0 Å². The summed E-state index contributed by atoms with van der Waals surface area (Å²) in [7, 11) is 1.23. The number of nitrogens with one attached hydrogen (secondary N) is 3. The van der Waals surface area contributed by atoms with Gasteiger partial charge in [0.2, 0.25) is 0 Å². The third-order valence-corrected chi connectivity index (χ3v) is 4.76. The molecule has 0 saturated heterocycles. The molecule has 0 unspecified atom stereocenters. The summed E-state index contributed by atoms with van der Waals surface area (Å²) in [4.78, 5) is 39.0. The van der Waals surface area contributed by atoms with Gasteiger partial charge in [-0.3, -0.25) is 4.79 Å². The molecule has 4 N–H and O–H groups in total. The number of aromatic amines is 2. The molecule has 4 aromatic rings. The molecule has 1 atom stereocenters. The fourth-order valence-corrected chi connectivity index (χ4v) is 3.29. The molecular weight excluding hydrogens is 388 g/mol. The number of hydrogen-bond acceptors (Lipinski definition) is 7. The second-order valence-electron chi connectivity index (χ2n) is 6.71. The summed E-state index contributed by atoms with van der Waals surface area (Å²) >= 11 is 0. The number of hydrogen-bond donors (Lipinski definition) is 4. The number of aromatic nitrogens is 5. The molecule has 0 aliphatic rings. The second-order valence-corrected chi connectivity index (χ2v) is 6.71. The van der Waals surface area contributed by atoms with Crippen molar-refractivity contribution < 1.29 is 14.6 Å². The maximum Gasteiger partial charge on any atom is 0.330 e. The monoisotopic (exact) mass is 408 g/mol. The maximum absolute atomic E-state index is 12.6. The molecule has 3 aromatic heterocycles. The summed E-state index contributed by atoms with van der Waals surface area (Å²) in [5.41, 5.74) is 3.45. The first-order chi connectivity index (χ1) is 14.5. The van der Waals surface area contributed by atoms with Crippen molar-refractivity contribution in [2.24, 2.45) is 0 Å². The van der Waals surface area contributed by atoms with Gasteiger partial charge in [0.05, 0.1) is 36.8 Å². The number of imidazole rings is 2. The van der Waals surface area contributed by atoms with Crippen LogP contribution in [0.5, 0.6) is 0 Å². The number of benzene rings is 1. The van der Waals surface area contributed by atoms with E-state index in [1.54, 1.807) is 18.6 Å². The van der Waals surface area contributed by atoms with Crippen molar-refractivity contribution in [3.05, 3.63) is 59.0 Å². The fourth-order valence-electron chi connectivity index (χ4n) is 3.29. The standard InChI is InChI=1S/C20H20N6O4/c1-11-7-12(26-6-5-21-10-26)8-14-17(11)25-18(24-14)16-13(3-4-22-19(16)28)23-15(9-27)20(29)30-2/h3-8,10,15,27H,9H2,1-2H3,(H,24,25)(H2,22,23,28)/t15-/m0/s1. The van der Waals surface area contributed by atoms with E-state index in [0.29, 0.717) is 11.5 Å². The molecule has 0 radical (unpaired) electrons. The molecule has 3 heterocycles. The second kappa shape index (κ2) is 7.84. The van der Waals surface area contributed by atoms with Crippen LogP contribution in [0.25, 0.3) is 28.1 Å². The van der Waals surface area contributed by atoms with E-state index in [9.17, 15) is 14.7 Å². The zero-order chi connectivity index (χ0) is 21.3. The van der Waals surface area contributed by atoms with E-state index < -0.39 is 24.2 Å². The minimum absolute atomic E-state index is 0.222. The third-order valence-electron chi connectivity index (χ3n) is 4.76. The number of rotatable bonds is 6. The molecule has 0 fully saturated rings. The first-order valence-electron chi connectivity index (χ1n) is 9.17. The van der Waals surface area contributed by atoms with Gasteiger partial charge >= 0.3 is 5.97 Å². The number of anilines is 1.